The molecule has 1 aromatic heterocycles. The third-order valence-corrected chi connectivity index (χ3v) is 6.17. The van der Waals surface area contributed by atoms with Gasteiger partial charge in [0, 0.05) is 41.3 Å². The molecule has 0 radical (unpaired) electrons. The lowest BCUT2D eigenvalue weighted by Crippen LogP contribution is -2.32. The normalized spacial score (nSPS) is 17.2. The molecule has 0 bridgehead atoms. The van der Waals surface area contributed by atoms with E-state index < -0.39 is 11.8 Å². The number of nitrogen functional groups attached to an aromatic ring is 1. The van der Waals surface area contributed by atoms with Crippen molar-refractivity contribution < 1.29 is 18.3 Å². The first-order chi connectivity index (χ1) is 15.8. The number of anilines is 1. The molecule has 0 saturated heterocycles. The molecular formula is C24H23F2N5O2. The van der Waals surface area contributed by atoms with Gasteiger partial charge in [-0.1, -0.05) is 0 Å². The maximum atomic E-state index is 15.0. The molecule has 0 fully saturated rings. The van der Waals surface area contributed by atoms with Crippen molar-refractivity contribution in [1.29, 1.82) is 0 Å². The van der Waals surface area contributed by atoms with Gasteiger partial charge < -0.3 is 20.7 Å². The van der Waals surface area contributed by atoms with Gasteiger partial charge in [0.2, 0.25) is 5.95 Å². The van der Waals surface area contributed by atoms with Gasteiger partial charge in [0.05, 0.1) is 6.61 Å². The minimum absolute atomic E-state index is 0.0278. The van der Waals surface area contributed by atoms with Crippen LogP contribution in [0.25, 0.3) is 22.5 Å². The largest absolute Gasteiger partial charge is 0.493 e. The Bertz CT molecular complexity index is 1280. The maximum absolute atomic E-state index is 15.0. The van der Waals surface area contributed by atoms with Crippen molar-refractivity contribution in [2.45, 2.75) is 18.9 Å². The van der Waals surface area contributed by atoms with Crippen molar-refractivity contribution in [2.24, 2.45) is 0 Å². The van der Waals surface area contributed by atoms with E-state index in [9.17, 15) is 13.6 Å². The summed E-state index contributed by atoms with van der Waals surface area (Å²) in [7, 11) is 3.96. The molecule has 3 N–H and O–H groups in total. The molecule has 3 heterocycles. The number of aromatic nitrogens is 2. The van der Waals surface area contributed by atoms with Gasteiger partial charge in [0.25, 0.3) is 5.91 Å². The number of hydrogen-bond donors (Lipinski definition) is 2. The molecule has 1 amide bonds. The predicted molar refractivity (Wildman–Crippen MR) is 120 cm³/mol. The Hall–Kier alpha value is -3.59. The molecule has 170 valence electrons. The Morgan fingerprint density at radius 2 is 1.94 bits per heavy atom. The average Bonchev–Trinajstić information content (AvgIpc) is 2.79. The molecule has 2 aromatic carbocycles. The standard InChI is InChI=1S/C24H23F2N5O2/c1-31(2)18-6-8-33-19-4-3-13(10-16(18)19)20-22(26)30-23(27)21(29-20)15-9-12-5-7-28-24(32)14(12)11-17(15)25/h3-4,9-11,18H,5-8H2,1-2H3,(H2,27,30)(H,28,32)/t18-/m1/s1. The van der Waals surface area contributed by atoms with Crippen LogP contribution in [0.3, 0.4) is 0 Å². The Balaban J connectivity index is 1.63. The van der Waals surface area contributed by atoms with Crippen LogP contribution >= 0.6 is 0 Å². The summed E-state index contributed by atoms with van der Waals surface area (Å²) >= 11 is 0. The smallest absolute Gasteiger partial charge is 0.251 e. The van der Waals surface area contributed by atoms with E-state index in [1.807, 2.05) is 20.2 Å². The second kappa shape index (κ2) is 8.08. The van der Waals surface area contributed by atoms with Crippen LogP contribution in [-0.2, 0) is 6.42 Å². The predicted octanol–water partition coefficient (Wildman–Crippen LogP) is 3.34. The second-order valence-corrected chi connectivity index (χ2v) is 8.46. The van der Waals surface area contributed by atoms with Gasteiger partial charge in [-0.2, -0.15) is 9.37 Å². The first kappa shape index (κ1) is 21.3. The molecule has 9 heteroatoms. The lowest BCUT2D eigenvalue weighted by atomic mass is 9.95. The van der Waals surface area contributed by atoms with Crippen molar-refractivity contribution in [2.75, 3.05) is 33.0 Å². The molecule has 2 aliphatic rings. The number of nitrogens with two attached hydrogens (primary N) is 1. The van der Waals surface area contributed by atoms with E-state index in [4.69, 9.17) is 10.5 Å². The van der Waals surface area contributed by atoms with E-state index in [2.05, 4.69) is 20.2 Å². The fraction of sp³-hybridized carbons (Fsp3) is 0.292. The van der Waals surface area contributed by atoms with Gasteiger partial charge in [-0.3, -0.25) is 4.79 Å². The third kappa shape index (κ3) is 3.68. The molecule has 0 saturated carbocycles. The van der Waals surface area contributed by atoms with E-state index in [-0.39, 0.29) is 40.3 Å². The van der Waals surface area contributed by atoms with Crippen LogP contribution in [0.15, 0.2) is 30.3 Å². The van der Waals surface area contributed by atoms with Crippen LogP contribution in [0, 0.1) is 11.8 Å². The van der Waals surface area contributed by atoms with E-state index >= 15 is 0 Å². The molecule has 0 spiro atoms. The summed E-state index contributed by atoms with van der Waals surface area (Å²) < 4.78 is 35.7. The van der Waals surface area contributed by atoms with Crippen LogP contribution in [0.5, 0.6) is 5.75 Å². The maximum Gasteiger partial charge on any atom is 0.251 e. The number of benzene rings is 2. The van der Waals surface area contributed by atoms with Gasteiger partial charge >= 0.3 is 0 Å². The average molecular weight is 451 g/mol. The van der Waals surface area contributed by atoms with Crippen molar-refractivity contribution in [1.82, 2.24) is 20.2 Å². The van der Waals surface area contributed by atoms with E-state index in [0.29, 0.717) is 30.7 Å². The van der Waals surface area contributed by atoms with Gasteiger partial charge in [0.15, 0.2) is 5.82 Å². The number of hydrogen-bond acceptors (Lipinski definition) is 6. The number of nitrogens with zero attached hydrogens (tertiary/aromatic N) is 3. The fourth-order valence-corrected chi connectivity index (χ4v) is 4.49. The summed E-state index contributed by atoms with van der Waals surface area (Å²) in [5.41, 5.74) is 8.44. The van der Waals surface area contributed by atoms with Crippen LogP contribution in [0.1, 0.15) is 33.9 Å². The fourth-order valence-electron chi connectivity index (χ4n) is 4.49. The Morgan fingerprint density at radius 3 is 2.73 bits per heavy atom. The van der Waals surface area contributed by atoms with Gasteiger partial charge in [0.1, 0.15) is 23.0 Å². The van der Waals surface area contributed by atoms with Crippen LogP contribution < -0.4 is 15.8 Å². The molecule has 0 aliphatic carbocycles. The number of amides is 1. The van der Waals surface area contributed by atoms with E-state index in [1.54, 1.807) is 18.2 Å². The molecule has 3 aromatic rings. The number of nitrogens with one attached hydrogen (secondary N) is 1. The molecule has 0 unspecified atom stereocenters. The number of halogens is 2. The molecule has 2 aliphatic heterocycles. The topological polar surface area (TPSA) is 93.4 Å². The first-order valence-corrected chi connectivity index (χ1v) is 10.7. The third-order valence-electron chi connectivity index (χ3n) is 6.17. The summed E-state index contributed by atoms with van der Waals surface area (Å²) in [6, 6.07) is 8.16. The molecule has 5 rings (SSSR count). The van der Waals surface area contributed by atoms with Crippen LogP contribution in [0.2, 0.25) is 0 Å². The number of fused-ring (bicyclic) bond motifs is 2. The molecule has 1 atom stereocenters. The zero-order chi connectivity index (χ0) is 23.3. The molecular weight excluding hydrogens is 428 g/mol. The van der Waals surface area contributed by atoms with E-state index in [0.717, 1.165) is 17.7 Å². The monoisotopic (exact) mass is 451 g/mol. The van der Waals surface area contributed by atoms with Crippen molar-refractivity contribution in [3.63, 3.8) is 0 Å². The van der Waals surface area contributed by atoms with E-state index in [1.165, 1.54) is 6.07 Å². The van der Waals surface area contributed by atoms with Crippen molar-refractivity contribution in [3.8, 4) is 28.3 Å². The summed E-state index contributed by atoms with van der Waals surface area (Å²) in [6.07, 6.45) is 1.35. The highest BCUT2D eigenvalue weighted by molar-refractivity contribution is 5.97. The Kier molecular flexibility index (Phi) is 5.20. The van der Waals surface area contributed by atoms with Gasteiger partial charge in [-0.15, -0.1) is 0 Å². The van der Waals surface area contributed by atoms with Crippen LogP contribution in [0.4, 0.5) is 14.6 Å². The van der Waals surface area contributed by atoms with Gasteiger partial charge in [-0.05, 0) is 56.4 Å². The number of carbonyl (C=O) groups excluding carboxylic acids is 1. The molecule has 7 nitrogen and oxygen atoms in total. The lowest BCUT2D eigenvalue weighted by Gasteiger charge is -2.31. The lowest BCUT2D eigenvalue weighted by molar-refractivity contribution is 0.0945. The minimum Gasteiger partial charge on any atom is -0.493 e. The Morgan fingerprint density at radius 1 is 1.12 bits per heavy atom. The van der Waals surface area contributed by atoms with Crippen LogP contribution in [-0.4, -0.2) is 48.0 Å². The van der Waals surface area contributed by atoms with Gasteiger partial charge in [-0.25, -0.2) is 9.37 Å². The number of ether oxygens (including phenoxy) is 1. The molecule has 33 heavy (non-hydrogen) atoms. The summed E-state index contributed by atoms with van der Waals surface area (Å²) in [4.78, 5) is 22.3. The van der Waals surface area contributed by atoms with Crippen molar-refractivity contribution >= 4 is 11.7 Å². The zero-order valence-electron chi connectivity index (χ0n) is 18.3. The minimum atomic E-state index is -0.841. The summed E-state index contributed by atoms with van der Waals surface area (Å²) in [6.45, 7) is 1.06. The highest BCUT2D eigenvalue weighted by atomic mass is 19.1. The highest BCUT2D eigenvalue weighted by Crippen LogP contribution is 2.38. The second-order valence-electron chi connectivity index (χ2n) is 8.46. The SMILES string of the molecule is CN(C)[C@@H]1CCOc2ccc(-c3nc(-c4cc5c(cc4F)C(=O)NCC5)c(N)nc3F)cc21. The van der Waals surface area contributed by atoms with Crippen molar-refractivity contribution in [3.05, 3.63) is 58.8 Å². The Labute approximate surface area is 189 Å². The zero-order valence-corrected chi connectivity index (χ0v) is 18.3. The first-order valence-electron chi connectivity index (χ1n) is 10.7. The summed E-state index contributed by atoms with van der Waals surface area (Å²) in [5, 5.41) is 2.69. The number of carbonyl (C=O) groups is 1. The number of rotatable bonds is 3. The quantitative estimate of drug-likeness (QED) is 0.635. The highest BCUT2D eigenvalue weighted by Gasteiger charge is 2.26. The summed E-state index contributed by atoms with van der Waals surface area (Å²) in [5.74, 6) is -1.32.